The molecule has 0 spiro atoms. The van der Waals surface area contributed by atoms with Crippen LogP contribution in [-0.4, -0.2) is 64.5 Å². The van der Waals surface area contributed by atoms with E-state index in [2.05, 4.69) is 20.8 Å². The molecule has 4 aliphatic carbocycles. The Kier molecular flexibility index (Phi) is 7.56. The lowest BCUT2D eigenvalue weighted by Crippen LogP contribution is -2.58. The van der Waals surface area contributed by atoms with E-state index in [1.807, 2.05) is 0 Å². The third-order valence-corrected chi connectivity index (χ3v) is 13.2. The Morgan fingerprint density at radius 2 is 1.81 bits per heavy atom. The molecule has 0 radical (unpaired) electrons. The summed E-state index contributed by atoms with van der Waals surface area (Å²) in [6.45, 7) is 7.53. The van der Waals surface area contributed by atoms with Crippen molar-refractivity contribution in [2.75, 3.05) is 12.3 Å². The number of likely N-dealkylation sites (tertiary alicyclic amines) is 1. The second kappa shape index (κ2) is 10.0. The predicted octanol–water partition coefficient (Wildman–Crippen LogP) is 3.93. The fourth-order valence-electron chi connectivity index (χ4n) is 10.4. The average molecular weight is 539 g/mol. The van der Waals surface area contributed by atoms with Gasteiger partial charge in [-0.2, -0.15) is 0 Å². The summed E-state index contributed by atoms with van der Waals surface area (Å²) in [7, 11) is -4.35. The number of amides is 1. The molecule has 11 atom stereocenters. The van der Waals surface area contributed by atoms with Gasteiger partial charge in [0, 0.05) is 19.0 Å². The van der Waals surface area contributed by atoms with Crippen molar-refractivity contribution in [2.24, 2.45) is 46.3 Å². The predicted molar refractivity (Wildman–Crippen MR) is 140 cm³/mol. The highest BCUT2D eigenvalue weighted by Gasteiger charge is 2.63. The molecule has 1 heterocycles. The van der Waals surface area contributed by atoms with Gasteiger partial charge in [0.2, 0.25) is 5.91 Å². The van der Waals surface area contributed by atoms with Crippen LogP contribution in [0.4, 0.5) is 0 Å². The molecule has 37 heavy (non-hydrogen) atoms. The Bertz CT molecular complexity index is 971. The van der Waals surface area contributed by atoms with Crippen molar-refractivity contribution >= 4 is 16.0 Å². The molecule has 5 aliphatic rings. The molecule has 7 nitrogen and oxygen atoms in total. The Morgan fingerprint density at radius 1 is 1.05 bits per heavy atom. The molecular weight excluding hydrogens is 490 g/mol. The van der Waals surface area contributed by atoms with Crippen LogP contribution in [0.2, 0.25) is 0 Å². The molecular formula is C29H48NO6S-. The van der Waals surface area contributed by atoms with Crippen LogP contribution in [0.25, 0.3) is 0 Å². The molecule has 1 amide bonds. The van der Waals surface area contributed by atoms with E-state index < -0.39 is 21.9 Å². The van der Waals surface area contributed by atoms with Gasteiger partial charge in [0.25, 0.3) is 0 Å². The van der Waals surface area contributed by atoms with E-state index >= 15 is 0 Å². The molecule has 0 unspecified atom stereocenters. The lowest BCUT2D eigenvalue weighted by atomic mass is 9.43. The van der Waals surface area contributed by atoms with Crippen molar-refractivity contribution in [3.63, 3.8) is 0 Å². The molecule has 1 saturated heterocycles. The molecule has 1 aliphatic heterocycles. The summed E-state index contributed by atoms with van der Waals surface area (Å²) in [5.74, 6) is 2.41. The average Bonchev–Trinajstić information content (AvgIpc) is 3.42. The van der Waals surface area contributed by atoms with Gasteiger partial charge in [-0.25, -0.2) is 8.42 Å². The minimum atomic E-state index is -4.35. The van der Waals surface area contributed by atoms with Gasteiger partial charge in [0.05, 0.1) is 28.1 Å². The lowest BCUT2D eigenvalue weighted by Gasteiger charge is -2.62. The number of hydrogen-bond donors (Lipinski definition) is 2. The Balaban J connectivity index is 1.24. The molecule has 0 aromatic rings. The minimum absolute atomic E-state index is 0.0345. The standard InChI is InChI=1S/C29H49NO6S/c1-18(6-11-27(33)30-14-4-5-20(30)17-37(34,35)36)23-9-10-24-22-8-7-19-15-21(31)12-13-28(19,2)25(22)16-26(32)29(23,24)3/h18-26,31-32H,4-17H2,1-3H3,(H,34,35,36)/p-1/t18-,19-,20-,21-,22+,23-,24+,25+,26+,28+,29-/m1/s1. The van der Waals surface area contributed by atoms with Crippen molar-refractivity contribution in [1.82, 2.24) is 4.90 Å². The van der Waals surface area contributed by atoms with Gasteiger partial charge < -0.3 is 19.7 Å². The zero-order chi connectivity index (χ0) is 26.8. The summed E-state index contributed by atoms with van der Waals surface area (Å²) in [6.07, 6.45) is 10.3. The fraction of sp³-hybridized carbons (Fsp3) is 0.966. The van der Waals surface area contributed by atoms with Crippen LogP contribution in [0.15, 0.2) is 0 Å². The summed E-state index contributed by atoms with van der Waals surface area (Å²) in [4.78, 5) is 14.7. The number of aliphatic hydroxyl groups excluding tert-OH is 2. The second-order valence-corrected chi connectivity index (χ2v) is 15.5. The maximum Gasteiger partial charge on any atom is 0.222 e. The molecule has 4 saturated carbocycles. The van der Waals surface area contributed by atoms with Crippen LogP contribution in [0, 0.1) is 46.3 Å². The van der Waals surface area contributed by atoms with Crippen LogP contribution < -0.4 is 0 Å². The highest BCUT2D eigenvalue weighted by Crippen LogP contribution is 2.68. The van der Waals surface area contributed by atoms with Gasteiger partial charge in [0.1, 0.15) is 0 Å². The molecule has 0 aromatic carbocycles. The third-order valence-electron chi connectivity index (χ3n) is 12.4. The summed E-state index contributed by atoms with van der Waals surface area (Å²) < 4.78 is 33.8. The summed E-state index contributed by atoms with van der Waals surface area (Å²) >= 11 is 0. The Hall–Kier alpha value is -0.700. The first-order valence-electron chi connectivity index (χ1n) is 14.9. The topological polar surface area (TPSA) is 118 Å². The van der Waals surface area contributed by atoms with Crippen LogP contribution >= 0.6 is 0 Å². The normalized spacial score (nSPS) is 46.7. The molecule has 5 rings (SSSR count). The van der Waals surface area contributed by atoms with Crippen LogP contribution in [0.1, 0.15) is 97.8 Å². The SMILES string of the molecule is C[C@H](CCC(=O)N1CCC[C@@H]1CS(=O)(=O)[O-])[C@H]1CC[C@H]2[C@@H]3CC[C@@H]4C[C@H](O)CC[C@]4(C)[C@H]3C[C@H](O)[C@]12C. The maximum absolute atomic E-state index is 13.0. The highest BCUT2D eigenvalue weighted by atomic mass is 32.2. The number of aliphatic hydroxyl groups is 2. The highest BCUT2D eigenvalue weighted by molar-refractivity contribution is 7.85. The quantitative estimate of drug-likeness (QED) is 0.495. The maximum atomic E-state index is 13.0. The zero-order valence-electron chi connectivity index (χ0n) is 23.0. The van der Waals surface area contributed by atoms with E-state index in [0.717, 1.165) is 51.4 Å². The van der Waals surface area contributed by atoms with E-state index in [0.29, 0.717) is 54.9 Å². The first-order valence-corrected chi connectivity index (χ1v) is 16.5. The molecule has 212 valence electrons. The largest absolute Gasteiger partial charge is 0.748 e. The van der Waals surface area contributed by atoms with Gasteiger partial charge in [-0.05, 0) is 117 Å². The van der Waals surface area contributed by atoms with Crippen molar-refractivity contribution in [2.45, 2.75) is 116 Å². The summed E-state index contributed by atoms with van der Waals surface area (Å²) in [5, 5.41) is 22.0. The third kappa shape index (κ3) is 4.91. The van der Waals surface area contributed by atoms with E-state index in [1.165, 1.54) is 12.8 Å². The summed E-state index contributed by atoms with van der Waals surface area (Å²) in [6, 6.07) is -0.479. The molecule has 2 N–H and O–H groups in total. The van der Waals surface area contributed by atoms with Gasteiger partial charge in [-0.15, -0.1) is 0 Å². The van der Waals surface area contributed by atoms with Gasteiger partial charge in [-0.3, -0.25) is 4.79 Å². The first kappa shape index (κ1) is 27.9. The number of rotatable bonds is 6. The van der Waals surface area contributed by atoms with Crippen LogP contribution in [-0.2, 0) is 14.9 Å². The fourth-order valence-corrected chi connectivity index (χ4v) is 11.2. The Morgan fingerprint density at radius 3 is 2.54 bits per heavy atom. The molecule has 5 fully saturated rings. The number of carbonyl (C=O) groups excluding carboxylic acids is 1. The van der Waals surface area contributed by atoms with E-state index in [4.69, 9.17) is 0 Å². The molecule has 0 aromatic heterocycles. The zero-order valence-corrected chi connectivity index (χ0v) is 23.8. The monoisotopic (exact) mass is 538 g/mol. The second-order valence-electron chi connectivity index (χ2n) is 14.0. The lowest BCUT2D eigenvalue weighted by molar-refractivity contribution is -0.175. The minimum Gasteiger partial charge on any atom is -0.748 e. The van der Waals surface area contributed by atoms with Gasteiger partial charge >= 0.3 is 0 Å². The van der Waals surface area contributed by atoms with Gasteiger partial charge in [-0.1, -0.05) is 20.8 Å². The number of hydrogen-bond acceptors (Lipinski definition) is 6. The smallest absolute Gasteiger partial charge is 0.222 e. The van der Waals surface area contributed by atoms with Crippen LogP contribution in [0.5, 0.6) is 0 Å². The van der Waals surface area contributed by atoms with Crippen molar-refractivity contribution in [3.05, 3.63) is 0 Å². The van der Waals surface area contributed by atoms with Gasteiger partial charge in [0.15, 0.2) is 0 Å². The summed E-state index contributed by atoms with van der Waals surface area (Å²) in [5.41, 5.74) is 0.0955. The van der Waals surface area contributed by atoms with Crippen molar-refractivity contribution < 1.29 is 28.0 Å². The molecule has 8 heteroatoms. The van der Waals surface area contributed by atoms with Crippen molar-refractivity contribution in [1.29, 1.82) is 0 Å². The van der Waals surface area contributed by atoms with Crippen LogP contribution in [0.3, 0.4) is 0 Å². The van der Waals surface area contributed by atoms with Crippen molar-refractivity contribution in [3.8, 4) is 0 Å². The van der Waals surface area contributed by atoms with E-state index in [1.54, 1.807) is 4.90 Å². The number of carbonyl (C=O) groups is 1. The molecule has 0 bridgehead atoms. The Labute approximate surface area is 223 Å². The first-order chi connectivity index (χ1) is 17.3. The number of nitrogens with zero attached hydrogens (tertiary/aromatic N) is 1. The number of fused-ring (bicyclic) bond motifs is 5. The van der Waals surface area contributed by atoms with E-state index in [-0.39, 0.29) is 28.9 Å². The van der Waals surface area contributed by atoms with E-state index in [9.17, 15) is 28.0 Å².